The lowest BCUT2D eigenvalue weighted by molar-refractivity contribution is -0.137. The van der Waals surface area contributed by atoms with E-state index in [1.165, 1.54) is 0 Å². The highest BCUT2D eigenvalue weighted by atomic mass is 79.9. The molecule has 0 aliphatic heterocycles. The molecule has 1 aromatic rings. The van der Waals surface area contributed by atoms with Gasteiger partial charge in [-0.25, -0.2) is 4.98 Å². The van der Waals surface area contributed by atoms with Crippen molar-refractivity contribution < 1.29 is 9.90 Å². The zero-order chi connectivity index (χ0) is 9.84. The number of hydrogen-bond acceptors (Lipinski definition) is 3. The summed E-state index contributed by atoms with van der Waals surface area (Å²) in [6, 6.07) is -0.163. The van der Waals surface area contributed by atoms with Gasteiger partial charge in [0, 0.05) is 18.9 Å². The van der Waals surface area contributed by atoms with Crippen LogP contribution in [0, 0.1) is 0 Å². The van der Waals surface area contributed by atoms with Gasteiger partial charge in [-0.05, 0) is 6.92 Å². The van der Waals surface area contributed by atoms with Crippen molar-refractivity contribution in [1.82, 2.24) is 9.55 Å². The molecule has 1 heterocycles. The van der Waals surface area contributed by atoms with Gasteiger partial charge in [0.2, 0.25) is 0 Å². The van der Waals surface area contributed by atoms with Gasteiger partial charge in [0.25, 0.3) is 0 Å². The van der Waals surface area contributed by atoms with E-state index in [0.717, 1.165) is 5.82 Å². The molecule has 0 bridgehead atoms. The van der Waals surface area contributed by atoms with E-state index in [0.29, 0.717) is 6.54 Å². The summed E-state index contributed by atoms with van der Waals surface area (Å²) < 4.78 is 1.76. The van der Waals surface area contributed by atoms with Crippen LogP contribution in [-0.2, 0) is 11.3 Å². The average molecular weight is 264 g/mol. The lowest BCUT2D eigenvalue weighted by Crippen LogP contribution is -2.14. The van der Waals surface area contributed by atoms with E-state index in [1.807, 2.05) is 6.92 Å². The van der Waals surface area contributed by atoms with Gasteiger partial charge in [-0.15, -0.1) is 17.0 Å². The third kappa shape index (κ3) is 3.47. The molecule has 0 saturated heterocycles. The first-order valence-electron chi connectivity index (χ1n) is 4.09. The van der Waals surface area contributed by atoms with E-state index in [2.05, 4.69) is 4.98 Å². The summed E-state index contributed by atoms with van der Waals surface area (Å²) in [6.45, 7) is 2.24. The topological polar surface area (TPSA) is 81.1 Å². The monoisotopic (exact) mass is 263 g/mol. The van der Waals surface area contributed by atoms with Crippen LogP contribution in [0.3, 0.4) is 0 Å². The zero-order valence-corrected chi connectivity index (χ0v) is 9.59. The highest BCUT2D eigenvalue weighted by Gasteiger charge is 2.07. The summed E-state index contributed by atoms with van der Waals surface area (Å²) in [6.07, 6.45) is 3.46. The molecule has 0 spiro atoms. The van der Waals surface area contributed by atoms with Crippen LogP contribution in [0.15, 0.2) is 12.4 Å². The number of rotatable bonds is 4. The summed E-state index contributed by atoms with van der Waals surface area (Å²) >= 11 is 0. The second kappa shape index (κ2) is 5.77. The molecule has 1 rings (SSSR count). The van der Waals surface area contributed by atoms with Crippen LogP contribution in [-0.4, -0.2) is 20.6 Å². The van der Waals surface area contributed by atoms with Crippen molar-refractivity contribution in [3.05, 3.63) is 18.2 Å². The molecule has 3 N–H and O–H groups in total. The number of carboxylic acids is 1. The Morgan fingerprint density at radius 3 is 2.93 bits per heavy atom. The second-order valence-corrected chi connectivity index (χ2v) is 2.91. The Balaban J connectivity index is 0.00000169. The number of aliphatic carboxylic acids is 1. The number of nitrogens with two attached hydrogens (primary N) is 1. The molecule has 0 fully saturated rings. The first kappa shape index (κ1) is 13.1. The highest BCUT2D eigenvalue weighted by Crippen LogP contribution is 2.07. The zero-order valence-electron chi connectivity index (χ0n) is 7.88. The fourth-order valence-corrected chi connectivity index (χ4v) is 1.13. The van der Waals surface area contributed by atoms with E-state index < -0.39 is 5.97 Å². The molecule has 80 valence electrons. The van der Waals surface area contributed by atoms with Gasteiger partial charge in [-0.3, -0.25) is 4.79 Å². The minimum absolute atomic E-state index is 0. The van der Waals surface area contributed by atoms with E-state index in [4.69, 9.17) is 10.8 Å². The van der Waals surface area contributed by atoms with Crippen molar-refractivity contribution in [3.8, 4) is 0 Å². The molecule has 1 aromatic heterocycles. The number of imidazole rings is 1. The van der Waals surface area contributed by atoms with Crippen molar-refractivity contribution in [1.29, 1.82) is 0 Å². The molecule has 6 heteroatoms. The molecule has 0 saturated carbocycles. The van der Waals surface area contributed by atoms with E-state index in [1.54, 1.807) is 17.0 Å². The molecule has 1 unspecified atom stereocenters. The number of halogens is 1. The van der Waals surface area contributed by atoms with Crippen molar-refractivity contribution >= 4 is 23.0 Å². The predicted octanol–water partition coefficient (Wildman–Crippen LogP) is 0.955. The van der Waals surface area contributed by atoms with Crippen LogP contribution in [0.4, 0.5) is 0 Å². The van der Waals surface area contributed by atoms with Crippen LogP contribution in [0.25, 0.3) is 0 Å². The van der Waals surface area contributed by atoms with Crippen LogP contribution in [0.5, 0.6) is 0 Å². The number of aryl methyl sites for hydroxylation is 1. The third-order valence-electron chi connectivity index (χ3n) is 1.72. The molecule has 1 atom stereocenters. The lowest BCUT2D eigenvalue weighted by atomic mass is 10.3. The molecule has 0 amide bonds. The molecule has 5 nitrogen and oxygen atoms in total. The smallest absolute Gasteiger partial charge is 0.305 e. The fourth-order valence-electron chi connectivity index (χ4n) is 1.13. The van der Waals surface area contributed by atoms with Gasteiger partial charge < -0.3 is 15.4 Å². The van der Waals surface area contributed by atoms with Crippen molar-refractivity contribution in [2.45, 2.75) is 25.9 Å². The summed E-state index contributed by atoms with van der Waals surface area (Å²) in [5.74, 6) is -0.0921. The average Bonchev–Trinajstić information content (AvgIpc) is 2.47. The predicted molar refractivity (Wildman–Crippen MR) is 57.4 cm³/mol. The molecular weight excluding hydrogens is 250 g/mol. The largest absolute Gasteiger partial charge is 0.481 e. The van der Waals surface area contributed by atoms with Gasteiger partial charge in [0.1, 0.15) is 5.82 Å². The molecular formula is C8H14BrN3O2. The SMILES string of the molecule is Br.CC(N)c1nccn1CCC(=O)O. The van der Waals surface area contributed by atoms with Crippen molar-refractivity contribution in [3.63, 3.8) is 0 Å². The summed E-state index contributed by atoms with van der Waals surface area (Å²) in [5, 5.41) is 8.48. The highest BCUT2D eigenvalue weighted by molar-refractivity contribution is 8.93. The van der Waals surface area contributed by atoms with Gasteiger partial charge in [0.15, 0.2) is 0 Å². The number of carbonyl (C=O) groups is 1. The number of aromatic nitrogens is 2. The van der Waals surface area contributed by atoms with Gasteiger partial charge in [-0.1, -0.05) is 0 Å². The van der Waals surface area contributed by atoms with Crippen molar-refractivity contribution in [2.75, 3.05) is 0 Å². The van der Waals surface area contributed by atoms with Gasteiger partial charge in [-0.2, -0.15) is 0 Å². The first-order chi connectivity index (χ1) is 6.11. The Hall–Kier alpha value is -0.880. The molecule has 0 radical (unpaired) electrons. The van der Waals surface area contributed by atoms with E-state index >= 15 is 0 Å². The first-order valence-corrected chi connectivity index (χ1v) is 4.09. The standard InChI is InChI=1S/C8H13N3O2.BrH/c1-6(9)8-10-3-5-11(8)4-2-7(12)13;/h3,5-6H,2,4,9H2,1H3,(H,12,13);1H. The molecule has 0 aliphatic carbocycles. The minimum Gasteiger partial charge on any atom is -0.481 e. The van der Waals surface area contributed by atoms with Crippen LogP contribution in [0.1, 0.15) is 25.2 Å². The Morgan fingerprint density at radius 1 is 1.79 bits per heavy atom. The fraction of sp³-hybridized carbons (Fsp3) is 0.500. The summed E-state index contributed by atoms with van der Waals surface area (Å²) in [4.78, 5) is 14.3. The summed E-state index contributed by atoms with van der Waals surface area (Å²) in [5.41, 5.74) is 5.63. The van der Waals surface area contributed by atoms with Gasteiger partial charge >= 0.3 is 5.97 Å². The maximum absolute atomic E-state index is 10.3. The van der Waals surface area contributed by atoms with Crippen molar-refractivity contribution in [2.24, 2.45) is 5.73 Å². The number of nitrogens with zero attached hydrogens (tertiary/aromatic N) is 2. The third-order valence-corrected chi connectivity index (χ3v) is 1.72. The van der Waals surface area contributed by atoms with E-state index in [9.17, 15) is 4.79 Å². The maximum atomic E-state index is 10.3. The lowest BCUT2D eigenvalue weighted by Gasteiger charge is -2.08. The van der Waals surface area contributed by atoms with Crippen LogP contribution in [0.2, 0.25) is 0 Å². The van der Waals surface area contributed by atoms with E-state index in [-0.39, 0.29) is 29.4 Å². The Morgan fingerprint density at radius 2 is 2.43 bits per heavy atom. The molecule has 0 aliphatic rings. The number of carboxylic acid groups (broad SMARTS) is 1. The Bertz CT molecular complexity index is 299. The summed E-state index contributed by atoms with van der Waals surface area (Å²) in [7, 11) is 0. The van der Waals surface area contributed by atoms with Crippen LogP contribution < -0.4 is 5.73 Å². The Labute approximate surface area is 92.7 Å². The Kier molecular flexibility index (Phi) is 5.40. The normalized spacial score (nSPS) is 11.9. The van der Waals surface area contributed by atoms with Crippen LogP contribution >= 0.6 is 17.0 Å². The maximum Gasteiger partial charge on any atom is 0.305 e. The number of hydrogen-bond donors (Lipinski definition) is 2. The quantitative estimate of drug-likeness (QED) is 0.848. The second-order valence-electron chi connectivity index (χ2n) is 2.91. The minimum atomic E-state index is -0.815. The van der Waals surface area contributed by atoms with Gasteiger partial charge in [0.05, 0.1) is 12.5 Å². The molecule has 14 heavy (non-hydrogen) atoms. The molecule has 0 aromatic carbocycles.